The highest BCUT2D eigenvalue weighted by atomic mass is 16.4. The first-order valence-corrected chi connectivity index (χ1v) is 11.5. The summed E-state index contributed by atoms with van der Waals surface area (Å²) < 4.78 is 0. The topological polar surface area (TPSA) is 181 Å². The summed E-state index contributed by atoms with van der Waals surface area (Å²) in [6, 6.07) is 16.3. The predicted octanol–water partition coefficient (Wildman–Crippen LogP) is 3.16. The van der Waals surface area contributed by atoms with E-state index in [1.165, 1.54) is 11.2 Å². The summed E-state index contributed by atoms with van der Waals surface area (Å²) >= 11 is 0. The van der Waals surface area contributed by atoms with E-state index in [0.29, 0.717) is 41.1 Å². The molecule has 0 aliphatic heterocycles. The van der Waals surface area contributed by atoms with Crippen molar-refractivity contribution in [1.82, 2.24) is 20.0 Å². The molecule has 0 unspecified atom stereocenters. The van der Waals surface area contributed by atoms with Crippen molar-refractivity contribution in [3.8, 4) is 17.3 Å². The van der Waals surface area contributed by atoms with Crippen LogP contribution in [0.3, 0.4) is 0 Å². The highest BCUT2D eigenvalue weighted by molar-refractivity contribution is 5.69. The largest absolute Gasteiger partial charge is 0.481 e. The van der Waals surface area contributed by atoms with Gasteiger partial charge in [-0.3, -0.25) is 9.78 Å². The molecule has 1 aromatic carbocycles. The summed E-state index contributed by atoms with van der Waals surface area (Å²) in [6.45, 7) is 4.18. The molecule has 0 radical (unpaired) electrons. The van der Waals surface area contributed by atoms with E-state index in [1.54, 1.807) is 24.3 Å². The molecule has 36 heavy (non-hydrogen) atoms. The first-order chi connectivity index (χ1) is 17.2. The average Bonchev–Trinajstić information content (AvgIpc) is 2.86. The number of nitriles is 1. The molecule has 10 nitrogen and oxygen atoms in total. The minimum absolute atomic E-state index is 0.00435. The van der Waals surface area contributed by atoms with Gasteiger partial charge in [0.25, 0.3) is 0 Å². The number of hydrazine groups is 1. The molecule has 186 valence electrons. The van der Waals surface area contributed by atoms with Crippen molar-refractivity contribution in [2.24, 2.45) is 11.6 Å². The minimum atomic E-state index is -0.857. The Morgan fingerprint density at radius 1 is 1.14 bits per heavy atom. The molecule has 3 rings (SSSR count). The van der Waals surface area contributed by atoms with Crippen LogP contribution in [0.4, 0.5) is 5.95 Å². The summed E-state index contributed by atoms with van der Waals surface area (Å²) in [7, 11) is 0. The van der Waals surface area contributed by atoms with Crippen LogP contribution in [0.25, 0.3) is 17.0 Å². The maximum absolute atomic E-state index is 11.5. The van der Waals surface area contributed by atoms with E-state index in [9.17, 15) is 9.90 Å². The normalized spacial score (nSPS) is 11.7. The van der Waals surface area contributed by atoms with Gasteiger partial charge in [0, 0.05) is 22.9 Å². The number of nitrogen functional groups attached to an aromatic ring is 1. The second kappa shape index (κ2) is 11.3. The highest BCUT2D eigenvalue weighted by Crippen LogP contribution is 2.34. The fourth-order valence-electron chi connectivity index (χ4n) is 4.09. The maximum Gasteiger partial charge on any atom is 0.304 e. The van der Waals surface area contributed by atoms with E-state index in [4.69, 9.17) is 27.6 Å². The van der Waals surface area contributed by atoms with E-state index >= 15 is 0 Å². The van der Waals surface area contributed by atoms with Crippen molar-refractivity contribution < 1.29 is 9.90 Å². The molecule has 2 aromatic heterocycles. The Balaban J connectivity index is 1.84. The van der Waals surface area contributed by atoms with Crippen LogP contribution >= 0.6 is 0 Å². The maximum atomic E-state index is 11.5. The van der Waals surface area contributed by atoms with Gasteiger partial charge in [0.1, 0.15) is 0 Å². The summed E-state index contributed by atoms with van der Waals surface area (Å²) in [5.41, 5.74) is 15.4. The van der Waals surface area contributed by atoms with E-state index in [0.717, 1.165) is 5.69 Å². The molecule has 7 N–H and O–H groups in total. The minimum Gasteiger partial charge on any atom is -0.481 e. The van der Waals surface area contributed by atoms with Crippen LogP contribution in [-0.4, -0.2) is 31.0 Å². The van der Waals surface area contributed by atoms with Crippen LogP contribution in [0, 0.1) is 11.3 Å². The van der Waals surface area contributed by atoms with Gasteiger partial charge in [-0.1, -0.05) is 32.0 Å². The van der Waals surface area contributed by atoms with Crippen molar-refractivity contribution in [1.29, 1.82) is 5.26 Å². The quantitative estimate of drug-likeness (QED) is 0.245. The lowest BCUT2D eigenvalue weighted by molar-refractivity contribution is -0.138. The zero-order valence-corrected chi connectivity index (χ0v) is 20.3. The number of anilines is 1. The van der Waals surface area contributed by atoms with E-state index in [1.807, 2.05) is 38.1 Å². The van der Waals surface area contributed by atoms with Gasteiger partial charge in [-0.2, -0.15) is 5.26 Å². The fraction of sp³-hybridized carbons (Fsp3) is 0.269. The second-order valence-corrected chi connectivity index (χ2v) is 8.52. The highest BCUT2D eigenvalue weighted by Gasteiger charge is 2.32. The van der Waals surface area contributed by atoms with E-state index in [-0.39, 0.29) is 24.6 Å². The van der Waals surface area contributed by atoms with Gasteiger partial charge in [0.05, 0.1) is 47.4 Å². The summed E-state index contributed by atoms with van der Waals surface area (Å²) in [5.74, 6) is 5.38. The molecule has 0 saturated heterocycles. The number of nitrogens with zero attached hydrogens (tertiary/aromatic N) is 5. The molecule has 2 heterocycles. The lowest BCUT2D eigenvalue weighted by Gasteiger charge is -2.30. The van der Waals surface area contributed by atoms with Gasteiger partial charge in [-0.05, 0) is 43.2 Å². The average molecular weight is 487 g/mol. The van der Waals surface area contributed by atoms with Gasteiger partial charge >= 0.3 is 5.97 Å². The lowest BCUT2D eigenvalue weighted by atomic mass is 9.76. The number of pyridine rings is 1. The number of carbonyl (C=O) groups is 1. The number of hydrogen-bond acceptors (Lipinski definition) is 9. The molecule has 0 spiro atoms. The number of nitrogens with two attached hydrogens (primary N) is 3. The van der Waals surface area contributed by atoms with Gasteiger partial charge in [0.15, 0.2) is 0 Å². The number of carboxylic acid groups (broad SMARTS) is 1. The van der Waals surface area contributed by atoms with Crippen LogP contribution in [0.1, 0.15) is 55.8 Å². The van der Waals surface area contributed by atoms with E-state index < -0.39 is 11.4 Å². The van der Waals surface area contributed by atoms with E-state index in [2.05, 4.69) is 16.0 Å². The standard InChI is InChI=1S/C26H30N8O2/c1-3-26(4-2,13-24(35)36)23-10-6-9-19(31-23)15-34(30)16-20(28)22-12-21(32-25(29)33-22)18-8-5-7-17(11-18)14-27/h5-12,16H,3-4,13,15,28,30H2,1-2H3,(H,35,36)(H2,29,32,33)/b20-16-. The summed E-state index contributed by atoms with van der Waals surface area (Å²) in [6.07, 6.45) is 2.83. The van der Waals surface area contributed by atoms with Crippen molar-refractivity contribution in [2.75, 3.05) is 5.73 Å². The number of hydrogen-bond donors (Lipinski definition) is 4. The number of benzene rings is 1. The Hall–Kier alpha value is -4.49. The molecule has 3 aromatic rings. The third-order valence-corrected chi connectivity index (χ3v) is 6.17. The predicted molar refractivity (Wildman–Crippen MR) is 137 cm³/mol. The summed E-state index contributed by atoms with van der Waals surface area (Å²) in [5, 5.41) is 20.0. The van der Waals surface area contributed by atoms with Gasteiger partial charge in [-0.15, -0.1) is 0 Å². The third kappa shape index (κ3) is 6.14. The first kappa shape index (κ1) is 26.1. The Morgan fingerprint density at radius 3 is 2.53 bits per heavy atom. The molecule has 0 aliphatic rings. The van der Waals surface area contributed by atoms with Crippen molar-refractivity contribution in [3.63, 3.8) is 0 Å². The molecule has 0 fully saturated rings. The smallest absolute Gasteiger partial charge is 0.304 e. The number of carboxylic acids is 1. The fourth-order valence-corrected chi connectivity index (χ4v) is 4.09. The molecule has 0 amide bonds. The van der Waals surface area contributed by atoms with Crippen LogP contribution in [-0.2, 0) is 16.8 Å². The zero-order chi connectivity index (χ0) is 26.3. The first-order valence-electron chi connectivity index (χ1n) is 11.5. The third-order valence-electron chi connectivity index (χ3n) is 6.17. The summed E-state index contributed by atoms with van der Waals surface area (Å²) in [4.78, 5) is 24.7. The zero-order valence-electron chi connectivity index (χ0n) is 20.3. The van der Waals surface area contributed by atoms with Crippen LogP contribution < -0.4 is 17.3 Å². The van der Waals surface area contributed by atoms with Gasteiger partial charge < -0.3 is 21.6 Å². The number of rotatable bonds is 10. The van der Waals surface area contributed by atoms with Gasteiger partial charge in [0.2, 0.25) is 5.95 Å². The Morgan fingerprint density at radius 2 is 1.86 bits per heavy atom. The molecule has 0 bridgehead atoms. The van der Waals surface area contributed by atoms with Crippen molar-refractivity contribution >= 4 is 17.6 Å². The Kier molecular flexibility index (Phi) is 8.19. The monoisotopic (exact) mass is 486 g/mol. The SMILES string of the molecule is CCC(CC)(CC(=O)O)c1cccc(CN(N)/C=C(\N)c2cc(-c3cccc(C#N)c3)nc(N)n2)n1. The number of aliphatic carboxylic acids is 1. The number of aromatic nitrogens is 3. The Bertz CT molecular complexity index is 1310. The Labute approximate surface area is 210 Å². The molecule has 0 saturated carbocycles. The van der Waals surface area contributed by atoms with Crippen molar-refractivity contribution in [2.45, 2.75) is 45.1 Å². The molecular formula is C26H30N8O2. The molecule has 0 atom stereocenters. The second-order valence-electron chi connectivity index (χ2n) is 8.52. The van der Waals surface area contributed by atoms with Crippen LogP contribution in [0.15, 0.2) is 54.7 Å². The van der Waals surface area contributed by atoms with Crippen LogP contribution in [0.5, 0.6) is 0 Å². The van der Waals surface area contributed by atoms with Crippen molar-refractivity contribution in [3.05, 3.63) is 77.4 Å². The molecule has 10 heteroatoms. The molecular weight excluding hydrogens is 456 g/mol. The van der Waals surface area contributed by atoms with Gasteiger partial charge in [-0.25, -0.2) is 15.8 Å². The lowest BCUT2D eigenvalue weighted by Crippen LogP contribution is -2.30. The molecule has 0 aliphatic carbocycles. The van der Waals surface area contributed by atoms with Crippen LogP contribution in [0.2, 0.25) is 0 Å².